The van der Waals surface area contributed by atoms with Gasteiger partial charge in [-0.25, -0.2) is 0 Å². The van der Waals surface area contributed by atoms with Gasteiger partial charge in [-0.15, -0.1) is 0 Å². The molecule has 0 bridgehead atoms. The first kappa shape index (κ1) is 15.3. The van der Waals surface area contributed by atoms with E-state index < -0.39 is 8.80 Å². The lowest BCUT2D eigenvalue weighted by Gasteiger charge is -2.23. The maximum Gasteiger partial charge on any atom is 0.128 e. The maximum absolute atomic E-state index is 3.53. The highest BCUT2D eigenvalue weighted by Gasteiger charge is 2.24. The second-order valence-corrected chi connectivity index (χ2v) is 9.18. The van der Waals surface area contributed by atoms with Crippen LogP contribution in [-0.4, -0.2) is 8.80 Å². The number of rotatable bonds is 4. The molecule has 0 saturated carbocycles. The van der Waals surface area contributed by atoms with Gasteiger partial charge in [0.25, 0.3) is 0 Å². The van der Waals surface area contributed by atoms with Crippen molar-refractivity contribution in [1.82, 2.24) is 0 Å². The molecule has 0 aliphatic heterocycles. The fraction of sp³-hybridized carbons (Fsp3) is 0.100. The van der Waals surface area contributed by atoms with Crippen LogP contribution in [0.2, 0.25) is 0 Å². The minimum absolute atomic E-state index is 0.517. The second kappa shape index (κ2) is 7.08. The molecular formula is C20H18BrSi. The molecule has 0 amide bonds. The van der Waals surface area contributed by atoms with E-state index in [-0.39, 0.29) is 0 Å². The molecule has 0 aromatic heterocycles. The Balaban J connectivity index is 2.04. The molecule has 3 aromatic carbocycles. The van der Waals surface area contributed by atoms with Gasteiger partial charge in [-0.05, 0) is 23.2 Å². The molecule has 0 heterocycles. The molecule has 22 heavy (non-hydrogen) atoms. The monoisotopic (exact) mass is 365 g/mol. The van der Waals surface area contributed by atoms with Gasteiger partial charge in [0.05, 0.1) is 0 Å². The van der Waals surface area contributed by atoms with Gasteiger partial charge in [-0.1, -0.05) is 106 Å². The van der Waals surface area contributed by atoms with Crippen LogP contribution in [0, 0.1) is 0 Å². The molecule has 3 rings (SSSR count). The second-order valence-electron chi connectivity index (χ2n) is 5.42. The molecule has 2 heteroatoms. The van der Waals surface area contributed by atoms with Crippen molar-refractivity contribution in [3.63, 3.8) is 0 Å². The molecule has 0 saturated heterocycles. The predicted octanol–water partition coefficient (Wildman–Crippen LogP) is 4.40. The number of benzene rings is 3. The summed E-state index contributed by atoms with van der Waals surface area (Å²) in [4.78, 5) is 0. The molecule has 1 atom stereocenters. The normalized spacial score (nSPS) is 12.3. The predicted molar refractivity (Wildman–Crippen MR) is 100 cm³/mol. The quantitative estimate of drug-likeness (QED) is 0.601. The van der Waals surface area contributed by atoms with E-state index in [2.05, 4.69) is 108 Å². The first-order chi connectivity index (χ1) is 10.8. The van der Waals surface area contributed by atoms with Gasteiger partial charge in [-0.3, -0.25) is 0 Å². The zero-order valence-electron chi connectivity index (χ0n) is 12.5. The number of hydrogen-bond acceptors (Lipinski definition) is 0. The summed E-state index contributed by atoms with van der Waals surface area (Å²) in [5.41, 5.74) is 1.92. The highest BCUT2D eigenvalue weighted by molar-refractivity contribution is 9.10. The summed E-state index contributed by atoms with van der Waals surface area (Å²) >= 11 is 3.53. The van der Waals surface area contributed by atoms with Crippen LogP contribution in [0.3, 0.4) is 0 Å². The van der Waals surface area contributed by atoms with Crippen LogP contribution >= 0.6 is 15.9 Å². The standard InChI is InChI=1S/C20H18BrSi/c1-16(17-12-14-18(21)15-13-17)22(19-8-4-2-5-9-19)20-10-6-3-7-11-20/h2-16H,1H3. The van der Waals surface area contributed by atoms with E-state index in [1.807, 2.05) is 0 Å². The minimum Gasteiger partial charge on any atom is -0.0628 e. The molecular weight excluding hydrogens is 348 g/mol. The summed E-state index contributed by atoms with van der Waals surface area (Å²) < 4.78 is 1.14. The van der Waals surface area contributed by atoms with Crippen LogP contribution in [-0.2, 0) is 0 Å². The number of hydrogen-bond donors (Lipinski definition) is 0. The Labute approximate surface area is 142 Å². The van der Waals surface area contributed by atoms with Gasteiger partial charge >= 0.3 is 0 Å². The highest BCUT2D eigenvalue weighted by Crippen LogP contribution is 2.21. The summed E-state index contributed by atoms with van der Waals surface area (Å²) in [7, 11) is -0.858. The third kappa shape index (κ3) is 3.40. The molecule has 109 valence electrons. The van der Waals surface area contributed by atoms with E-state index >= 15 is 0 Å². The van der Waals surface area contributed by atoms with E-state index in [0.29, 0.717) is 5.54 Å². The molecule has 3 aromatic rings. The molecule has 0 aliphatic carbocycles. The Morgan fingerprint density at radius 3 is 1.59 bits per heavy atom. The Hall–Kier alpha value is -1.64. The maximum atomic E-state index is 3.53. The van der Waals surface area contributed by atoms with E-state index in [9.17, 15) is 0 Å². The van der Waals surface area contributed by atoms with Gasteiger partial charge in [0.2, 0.25) is 0 Å². The van der Waals surface area contributed by atoms with Crippen molar-refractivity contribution >= 4 is 35.1 Å². The van der Waals surface area contributed by atoms with Crippen molar-refractivity contribution in [2.75, 3.05) is 0 Å². The average Bonchev–Trinajstić information content (AvgIpc) is 2.57. The summed E-state index contributed by atoms with van der Waals surface area (Å²) in [6.07, 6.45) is 0. The lowest BCUT2D eigenvalue weighted by atomic mass is 10.2. The molecule has 0 N–H and O–H groups in total. The van der Waals surface area contributed by atoms with Crippen molar-refractivity contribution in [2.45, 2.75) is 12.5 Å². The molecule has 0 aliphatic rings. The van der Waals surface area contributed by atoms with Gasteiger partial charge < -0.3 is 0 Å². The van der Waals surface area contributed by atoms with Gasteiger partial charge in [-0.2, -0.15) is 0 Å². The van der Waals surface area contributed by atoms with Crippen LogP contribution in [0.1, 0.15) is 18.0 Å². The molecule has 0 fully saturated rings. The van der Waals surface area contributed by atoms with Crippen molar-refractivity contribution in [3.8, 4) is 0 Å². The van der Waals surface area contributed by atoms with Gasteiger partial charge in [0.1, 0.15) is 8.80 Å². The van der Waals surface area contributed by atoms with Crippen molar-refractivity contribution in [1.29, 1.82) is 0 Å². The lowest BCUT2D eigenvalue weighted by molar-refractivity contribution is 1.06. The largest absolute Gasteiger partial charge is 0.128 e. The SMILES string of the molecule is CC(c1ccc(Br)cc1)[Si](c1ccccc1)c1ccccc1. The summed E-state index contributed by atoms with van der Waals surface area (Å²) in [5.74, 6) is 0. The summed E-state index contributed by atoms with van der Waals surface area (Å²) in [6, 6.07) is 30.7. The smallest absolute Gasteiger partial charge is 0.0628 e. The van der Waals surface area contributed by atoms with Crippen molar-refractivity contribution in [3.05, 3.63) is 95.0 Å². The van der Waals surface area contributed by atoms with E-state index in [1.165, 1.54) is 15.9 Å². The van der Waals surface area contributed by atoms with Crippen molar-refractivity contribution < 1.29 is 0 Å². The van der Waals surface area contributed by atoms with Crippen LogP contribution in [0.5, 0.6) is 0 Å². The minimum atomic E-state index is -0.858. The summed E-state index contributed by atoms with van der Waals surface area (Å²) in [6.45, 7) is 2.36. The number of halogens is 1. The van der Waals surface area contributed by atoms with E-state index in [1.54, 1.807) is 0 Å². The molecule has 0 spiro atoms. The third-order valence-electron chi connectivity index (χ3n) is 3.97. The lowest BCUT2D eigenvalue weighted by Crippen LogP contribution is -2.46. The van der Waals surface area contributed by atoms with Crippen LogP contribution in [0.25, 0.3) is 0 Å². The van der Waals surface area contributed by atoms with Crippen LogP contribution in [0.15, 0.2) is 89.4 Å². The zero-order chi connectivity index (χ0) is 15.4. The fourth-order valence-corrected chi connectivity index (χ4v) is 6.05. The topological polar surface area (TPSA) is 0 Å². The molecule has 1 radical (unpaired) electrons. The Morgan fingerprint density at radius 2 is 1.14 bits per heavy atom. The third-order valence-corrected chi connectivity index (χ3v) is 7.61. The first-order valence-corrected chi connectivity index (χ1v) is 9.86. The Bertz CT molecular complexity index is 668. The van der Waals surface area contributed by atoms with E-state index in [0.717, 1.165) is 4.47 Å². The van der Waals surface area contributed by atoms with Gasteiger partial charge in [0.15, 0.2) is 0 Å². The zero-order valence-corrected chi connectivity index (χ0v) is 15.1. The van der Waals surface area contributed by atoms with Crippen molar-refractivity contribution in [2.24, 2.45) is 0 Å². The van der Waals surface area contributed by atoms with Crippen LogP contribution < -0.4 is 10.4 Å². The average molecular weight is 366 g/mol. The summed E-state index contributed by atoms with van der Waals surface area (Å²) in [5, 5.41) is 2.93. The van der Waals surface area contributed by atoms with E-state index in [4.69, 9.17) is 0 Å². The van der Waals surface area contributed by atoms with Gasteiger partial charge in [0, 0.05) is 4.47 Å². The fourth-order valence-electron chi connectivity index (χ4n) is 2.82. The highest BCUT2D eigenvalue weighted by atomic mass is 79.9. The molecule has 0 nitrogen and oxygen atoms in total. The van der Waals surface area contributed by atoms with Crippen LogP contribution in [0.4, 0.5) is 0 Å². The molecule has 1 unspecified atom stereocenters. The Morgan fingerprint density at radius 1 is 0.682 bits per heavy atom. The Kier molecular flexibility index (Phi) is 4.91. The first-order valence-electron chi connectivity index (χ1n) is 7.49.